The summed E-state index contributed by atoms with van der Waals surface area (Å²) < 4.78 is 13.6. The number of hydrogen-bond acceptors (Lipinski definition) is 3. The number of hydrogen-bond donors (Lipinski definition) is 2. The molecule has 0 aliphatic carbocycles. The van der Waals surface area contributed by atoms with Crippen molar-refractivity contribution in [1.29, 1.82) is 0 Å². The van der Waals surface area contributed by atoms with Gasteiger partial charge in [-0.3, -0.25) is 25.2 Å². The summed E-state index contributed by atoms with van der Waals surface area (Å²) in [6, 6.07) is 3.69. The lowest BCUT2D eigenvalue weighted by Gasteiger charge is -2.31. The van der Waals surface area contributed by atoms with E-state index in [1.165, 1.54) is 18.2 Å². The molecule has 1 atom stereocenters. The molecular formula is C16H17BrFN3O3. The Morgan fingerprint density at radius 1 is 1.33 bits per heavy atom. The van der Waals surface area contributed by atoms with Crippen LogP contribution in [0.1, 0.15) is 23.2 Å². The van der Waals surface area contributed by atoms with Crippen LogP contribution in [0.5, 0.6) is 0 Å². The fourth-order valence-corrected chi connectivity index (χ4v) is 2.91. The normalized spacial score (nSPS) is 17.1. The highest BCUT2D eigenvalue weighted by atomic mass is 79.9. The Morgan fingerprint density at radius 3 is 2.79 bits per heavy atom. The summed E-state index contributed by atoms with van der Waals surface area (Å²) >= 11 is 3.15. The highest BCUT2D eigenvalue weighted by Gasteiger charge is 2.27. The zero-order chi connectivity index (χ0) is 17.7. The molecule has 1 aromatic carbocycles. The van der Waals surface area contributed by atoms with Crippen molar-refractivity contribution >= 4 is 33.7 Å². The van der Waals surface area contributed by atoms with Crippen LogP contribution in [0.3, 0.4) is 0 Å². The topological polar surface area (TPSA) is 78.5 Å². The van der Waals surface area contributed by atoms with Crippen molar-refractivity contribution in [2.75, 3.05) is 13.1 Å². The number of rotatable bonds is 3. The van der Waals surface area contributed by atoms with E-state index in [1.807, 2.05) is 0 Å². The largest absolute Gasteiger partial charge is 0.338 e. The van der Waals surface area contributed by atoms with Crippen molar-refractivity contribution in [3.63, 3.8) is 0 Å². The molecule has 8 heteroatoms. The SMILES string of the molecule is C=CC(=O)N1CCCC(C(=O)NNC(=O)c2cc(F)ccc2Br)C1. The van der Waals surface area contributed by atoms with Crippen LogP contribution in [0.15, 0.2) is 35.3 Å². The van der Waals surface area contributed by atoms with Crippen molar-refractivity contribution in [1.82, 2.24) is 15.8 Å². The molecular weight excluding hydrogens is 381 g/mol. The van der Waals surface area contributed by atoms with Crippen molar-refractivity contribution in [3.8, 4) is 0 Å². The van der Waals surface area contributed by atoms with Crippen molar-refractivity contribution < 1.29 is 18.8 Å². The Labute approximate surface area is 147 Å². The van der Waals surface area contributed by atoms with Crippen LogP contribution < -0.4 is 10.9 Å². The zero-order valence-electron chi connectivity index (χ0n) is 12.9. The number of nitrogens with zero attached hydrogens (tertiary/aromatic N) is 1. The molecule has 1 aromatic rings. The Kier molecular flexibility index (Phi) is 6.08. The van der Waals surface area contributed by atoms with Gasteiger partial charge >= 0.3 is 0 Å². The van der Waals surface area contributed by atoms with Gasteiger partial charge in [0.15, 0.2) is 0 Å². The van der Waals surface area contributed by atoms with Gasteiger partial charge in [-0.25, -0.2) is 4.39 Å². The molecule has 6 nitrogen and oxygen atoms in total. The number of amides is 3. The summed E-state index contributed by atoms with van der Waals surface area (Å²) in [4.78, 5) is 37.4. The van der Waals surface area contributed by atoms with E-state index in [0.717, 1.165) is 6.07 Å². The Morgan fingerprint density at radius 2 is 2.08 bits per heavy atom. The number of carbonyl (C=O) groups excluding carboxylic acids is 3. The van der Waals surface area contributed by atoms with E-state index in [-0.39, 0.29) is 18.0 Å². The molecule has 1 heterocycles. The third-order valence-corrected chi connectivity index (χ3v) is 4.44. The second kappa shape index (κ2) is 8.05. The minimum Gasteiger partial charge on any atom is -0.338 e. The molecule has 0 spiro atoms. The molecule has 2 N–H and O–H groups in total. The van der Waals surface area contributed by atoms with Gasteiger partial charge in [-0.05, 0) is 53.0 Å². The predicted molar refractivity (Wildman–Crippen MR) is 89.2 cm³/mol. The predicted octanol–water partition coefficient (Wildman–Crippen LogP) is 1.77. The van der Waals surface area contributed by atoms with Gasteiger partial charge in [0.25, 0.3) is 5.91 Å². The van der Waals surface area contributed by atoms with Gasteiger partial charge in [0.1, 0.15) is 5.82 Å². The average Bonchev–Trinajstić information content (AvgIpc) is 2.60. The third-order valence-electron chi connectivity index (χ3n) is 3.75. The molecule has 1 unspecified atom stereocenters. The molecule has 0 saturated carbocycles. The first-order valence-electron chi connectivity index (χ1n) is 7.39. The molecule has 0 radical (unpaired) electrons. The summed E-state index contributed by atoms with van der Waals surface area (Å²) in [5, 5.41) is 0. The monoisotopic (exact) mass is 397 g/mol. The van der Waals surface area contributed by atoms with Gasteiger partial charge in [0, 0.05) is 17.6 Å². The van der Waals surface area contributed by atoms with E-state index in [2.05, 4.69) is 33.4 Å². The minimum atomic E-state index is -0.635. The van der Waals surface area contributed by atoms with E-state index >= 15 is 0 Å². The number of likely N-dealkylation sites (tertiary alicyclic amines) is 1. The molecule has 128 valence electrons. The summed E-state index contributed by atoms with van der Waals surface area (Å²) in [7, 11) is 0. The molecule has 1 saturated heterocycles. The third kappa shape index (κ3) is 4.41. The molecule has 1 aliphatic heterocycles. The summed E-state index contributed by atoms with van der Waals surface area (Å²) in [6.07, 6.45) is 2.52. The number of hydrazine groups is 1. The first-order valence-corrected chi connectivity index (χ1v) is 8.18. The lowest BCUT2D eigenvalue weighted by Crippen LogP contribution is -2.49. The van der Waals surface area contributed by atoms with Crippen LogP contribution in [0.25, 0.3) is 0 Å². The molecule has 1 fully saturated rings. The van der Waals surface area contributed by atoms with Crippen molar-refractivity contribution in [2.24, 2.45) is 5.92 Å². The summed E-state index contributed by atoms with van der Waals surface area (Å²) in [5.41, 5.74) is 4.66. The number of benzene rings is 1. The fraction of sp³-hybridized carbons (Fsp3) is 0.312. The van der Waals surface area contributed by atoms with Gasteiger partial charge in [-0.1, -0.05) is 6.58 Å². The van der Waals surface area contributed by atoms with Gasteiger partial charge < -0.3 is 4.90 Å². The highest BCUT2D eigenvalue weighted by Crippen LogP contribution is 2.18. The van der Waals surface area contributed by atoms with Crippen LogP contribution in [0, 0.1) is 11.7 Å². The molecule has 3 amide bonds. The van der Waals surface area contributed by atoms with Crippen LogP contribution in [0.2, 0.25) is 0 Å². The molecule has 1 aliphatic rings. The first kappa shape index (κ1) is 18.1. The first-order chi connectivity index (χ1) is 11.4. The van der Waals surface area contributed by atoms with E-state index in [0.29, 0.717) is 23.9 Å². The van der Waals surface area contributed by atoms with Gasteiger partial charge in [-0.2, -0.15) is 0 Å². The van der Waals surface area contributed by atoms with Crippen molar-refractivity contribution in [3.05, 3.63) is 46.7 Å². The zero-order valence-corrected chi connectivity index (χ0v) is 14.4. The maximum absolute atomic E-state index is 13.2. The lowest BCUT2D eigenvalue weighted by atomic mass is 9.97. The second-order valence-corrected chi connectivity index (χ2v) is 6.25. The van der Waals surface area contributed by atoms with E-state index in [9.17, 15) is 18.8 Å². The number of halogens is 2. The standard InChI is InChI=1S/C16H17BrFN3O3/c1-2-14(22)21-7-3-4-10(9-21)15(23)19-20-16(24)12-8-11(18)5-6-13(12)17/h2,5-6,8,10H,1,3-4,7,9H2,(H,19,23)(H,20,24). The molecule has 0 aromatic heterocycles. The summed E-state index contributed by atoms with van der Waals surface area (Å²) in [5.74, 6) is -2.22. The Hall–Kier alpha value is -2.22. The summed E-state index contributed by atoms with van der Waals surface area (Å²) in [6.45, 7) is 4.28. The van der Waals surface area contributed by atoms with Crippen LogP contribution in [-0.4, -0.2) is 35.7 Å². The maximum Gasteiger partial charge on any atom is 0.270 e. The number of piperidine rings is 1. The maximum atomic E-state index is 13.2. The quantitative estimate of drug-likeness (QED) is 0.602. The van der Waals surface area contributed by atoms with Crippen LogP contribution >= 0.6 is 15.9 Å². The van der Waals surface area contributed by atoms with Gasteiger partial charge in [0.05, 0.1) is 11.5 Å². The molecule has 2 rings (SSSR count). The minimum absolute atomic E-state index is 0.0717. The number of nitrogens with one attached hydrogen (secondary N) is 2. The van der Waals surface area contributed by atoms with E-state index < -0.39 is 23.5 Å². The Balaban J connectivity index is 1.92. The average molecular weight is 398 g/mol. The van der Waals surface area contributed by atoms with Gasteiger partial charge in [-0.15, -0.1) is 0 Å². The fourth-order valence-electron chi connectivity index (χ4n) is 2.48. The Bertz CT molecular complexity index is 681. The smallest absolute Gasteiger partial charge is 0.270 e. The van der Waals surface area contributed by atoms with E-state index in [1.54, 1.807) is 4.90 Å². The second-order valence-electron chi connectivity index (χ2n) is 5.40. The van der Waals surface area contributed by atoms with Crippen LogP contribution in [-0.2, 0) is 9.59 Å². The van der Waals surface area contributed by atoms with Crippen LogP contribution in [0.4, 0.5) is 4.39 Å². The highest BCUT2D eigenvalue weighted by molar-refractivity contribution is 9.10. The van der Waals surface area contributed by atoms with Gasteiger partial charge in [0.2, 0.25) is 11.8 Å². The molecule has 24 heavy (non-hydrogen) atoms. The number of carbonyl (C=O) groups is 3. The van der Waals surface area contributed by atoms with E-state index in [4.69, 9.17) is 0 Å². The lowest BCUT2D eigenvalue weighted by molar-refractivity contribution is -0.132. The van der Waals surface area contributed by atoms with Crippen molar-refractivity contribution in [2.45, 2.75) is 12.8 Å². The molecule has 0 bridgehead atoms.